The van der Waals surface area contributed by atoms with Crippen molar-refractivity contribution in [3.05, 3.63) is 0 Å². The number of hydrogen-bond donors (Lipinski definition) is 2. The van der Waals surface area contributed by atoms with Crippen LogP contribution < -0.4 is 0 Å². The Morgan fingerprint density at radius 2 is 1.31 bits per heavy atom. The highest BCUT2D eigenvalue weighted by atomic mass is 32.2. The molecule has 12 nitrogen and oxygen atoms in total. The fourth-order valence-corrected chi connectivity index (χ4v) is 5.67. The highest BCUT2D eigenvalue weighted by Crippen LogP contribution is 2.17. The topological polar surface area (TPSA) is 148 Å². The van der Waals surface area contributed by atoms with E-state index in [1.807, 2.05) is 11.9 Å². The van der Waals surface area contributed by atoms with E-state index in [0.29, 0.717) is 13.1 Å². The molecule has 2 aliphatic heterocycles. The maximum absolute atomic E-state index is 11.9. The lowest BCUT2D eigenvalue weighted by molar-refractivity contribution is 0.00890. The van der Waals surface area contributed by atoms with E-state index < -0.39 is 37.8 Å². The monoisotopic (exact) mass is 502 g/mol. The van der Waals surface area contributed by atoms with Gasteiger partial charge in [0.25, 0.3) is 0 Å². The summed E-state index contributed by atoms with van der Waals surface area (Å²) in [5, 5.41) is 18.3. The average molecular weight is 503 g/mol. The van der Waals surface area contributed by atoms with Crippen LogP contribution in [0.15, 0.2) is 0 Å². The Bertz CT molecular complexity index is 828. The van der Waals surface area contributed by atoms with Gasteiger partial charge >= 0.3 is 6.09 Å². The van der Waals surface area contributed by atoms with Gasteiger partial charge in [-0.25, -0.2) is 21.6 Å². The van der Waals surface area contributed by atoms with Crippen LogP contribution in [-0.4, -0.2) is 141 Å². The normalized spacial score (nSPS) is 24.6. The van der Waals surface area contributed by atoms with Crippen molar-refractivity contribution in [2.75, 3.05) is 72.0 Å². The molecule has 0 aromatic carbocycles. The summed E-state index contributed by atoms with van der Waals surface area (Å²) in [4.78, 5) is 15.3. The van der Waals surface area contributed by atoms with Crippen molar-refractivity contribution < 1.29 is 36.6 Å². The molecule has 0 spiro atoms. The Labute approximate surface area is 191 Å². The first-order valence-electron chi connectivity index (χ1n) is 10.3. The van der Waals surface area contributed by atoms with Crippen LogP contribution in [0.25, 0.3) is 0 Å². The van der Waals surface area contributed by atoms with Gasteiger partial charge < -0.3 is 24.7 Å². The Morgan fingerprint density at radius 3 is 1.72 bits per heavy atom. The summed E-state index contributed by atoms with van der Waals surface area (Å²) in [6.45, 7) is 7.22. The van der Waals surface area contributed by atoms with E-state index in [2.05, 4.69) is 0 Å². The molecule has 14 heteroatoms. The number of carbonyl (C=O) groups excluding carboxylic acids is 1. The Balaban J connectivity index is 0.000000343. The third-order valence-electron chi connectivity index (χ3n) is 4.99. The summed E-state index contributed by atoms with van der Waals surface area (Å²) in [5.74, 6) is 0. The smallest absolute Gasteiger partial charge is 0.410 e. The van der Waals surface area contributed by atoms with Crippen LogP contribution in [0.1, 0.15) is 20.8 Å². The van der Waals surface area contributed by atoms with Crippen molar-refractivity contribution in [1.82, 2.24) is 18.4 Å². The van der Waals surface area contributed by atoms with Gasteiger partial charge in [-0.2, -0.15) is 8.61 Å². The number of ether oxygens (including phenoxy) is 1. The maximum Gasteiger partial charge on any atom is 0.410 e. The van der Waals surface area contributed by atoms with Gasteiger partial charge in [0.2, 0.25) is 20.0 Å². The Morgan fingerprint density at radius 1 is 0.875 bits per heavy atom. The molecular weight excluding hydrogens is 464 g/mol. The third-order valence-corrected chi connectivity index (χ3v) is 7.65. The molecule has 2 rings (SSSR count). The van der Waals surface area contributed by atoms with Crippen molar-refractivity contribution in [3.8, 4) is 0 Å². The zero-order chi connectivity index (χ0) is 24.9. The summed E-state index contributed by atoms with van der Waals surface area (Å²) in [6, 6.07) is -0.898. The summed E-state index contributed by atoms with van der Waals surface area (Å²) in [6.07, 6.45) is 1.79. The lowest BCUT2D eigenvalue weighted by Gasteiger charge is -2.39. The van der Waals surface area contributed by atoms with E-state index in [9.17, 15) is 26.7 Å². The first-order chi connectivity index (χ1) is 14.5. The molecule has 0 radical (unpaired) electrons. The SMILES string of the molecule is CC(C)(C)OC(=O)N1CCN(S(C)(=O)=O)C(CO)C1.CN1CCN(S(C)(=O)=O)C(CO)C1. The molecule has 2 fully saturated rings. The van der Waals surface area contributed by atoms with Crippen molar-refractivity contribution in [2.24, 2.45) is 0 Å². The number of likely N-dealkylation sites (N-methyl/N-ethyl adjacent to an activating group) is 1. The Kier molecular flexibility index (Phi) is 10.3. The van der Waals surface area contributed by atoms with Gasteiger partial charge in [0, 0.05) is 39.3 Å². The van der Waals surface area contributed by atoms with Gasteiger partial charge in [0.1, 0.15) is 5.60 Å². The maximum atomic E-state index is 11.9. The van der Waals surface area contributed by atoms with Gasteiger partial charge in [-0.3, -0.25) is 0 Å². The highest BCUT2D eigenvalue weighted by molar-refractivity contribution is 7.88. The van der Waals surface area contributed by atoms with Crippen molar-refractivity contribution in [3.63, 3.8) is 0 Å². The number of carbonyl (C=O) groups is 1. The summed E-state index contributed by atoms with van der Waals surface area (Å²) in [7, 11) is -4.62. The van der Waals surface area contributed by atoms with Gasteiger partial charge in [-0.15, -0.1) is 0 Å². The second-order valence-corrected chi connectivity index (χ2v) is 13.0. The zero-order valence-corrected chi connectivity index (χ0v) is 21.4. The van der Waals surface area contributed by atoms with E-state index in [-0.39, 0.29) is 38.9 Å². The lowest BCUT2D eigenvalue weighted by atomic mass is 10.2. The minimum atomic E-state index is -3.38. The molecule has 0 aromatic heterocycles. The molecule has 2 N–H and O–H groups in total. The van der Waals surface area contributed by atoms with Crippen LogP contribution in [0.2, 0.25) is 0 Å². The van der Waals surface area contributed by atoms with Crippen LogP contribution in [0.4, 0.5) is 4.79 Å². The predicted molar refractivity (Wildman–Crippen MR) is 120 cm³/mol. The van der Waals surface area contributed by atoms with E-state index in [1.54, 1.807) is 20.8 Å². The second-order valence-electron chi connectivity index (χ2n) is 9.11. The van der Waals surface area contributed by atoms with Crippen LogP contribution in [-0.2, 0) is 24.8 Å². The van der Waals surface area contributed by atoms with Crippen molar-refractivity contribution >= 4 is 26.1 Å². The largest absolute Gasteiger partial charge is 0.444 e. The van der Waals surface area contributed by atoms with E-state index in [0.717, 1.165) is 12.8 Å². The number of nitrogens with zero attached hydrogens (tertiary/aromatic N) is 4. The molecule has 0 saturated carbocycles. The fourth-order valence-electron chi connectivity index (χ4n) is 3.50. The van der Waals surface area contributed by atoms with E-state index in [1.165, 1.54) is 19.8 Å². The molecule has 190 valence electrons. The quantitative estimate of drug-likeness (QED) is 0.464. The Hall–Kier alpha value is -1.03. The van der Waals surface area contributed by atoms with Crippen molar-refractivity contribution in [1.29, 1.82) is 0 Å². The van der Waals surface area contributed by atoms with Crippen LogP contribution in [0, 0.1) is 0 Å². The summed E-state index contributed by atoms with van der Waals surface area (Å²) < 4.78 is 53.4. The number of piperazine rings is 2. The minimum absolute atomic E-state index is 0.114. The molecular formula is C18H38N4O8S2. The molecule has 1 amide bonds. The molecule has 2 aliphatic rings. The fraction of sp³-hybridized carbons (Fsp3) is 0.944. The first-order valence-corrected chi connectivity index (χ1v) is 14.0. The highest BCUT2D eigenvalue weighted by Gasteiger charge is 2.35. The van der Waals surface area contributed by atoms with E-state index in [4.69, 9.17) is 9.84 Å². The van der Waals surface area contributed by atoms with Crippen molar-refractivity contribution in [2.45, 2.75) is 38.5 Å². The number of sulfonamides is 2. The third kappa shape index (κ3) is 9.08. The molecule has 2 heterocycles. The molecule has 0 bridgehead atoms. The average Bonchev–Trinajstić information content (AvgIpc) is 2.64. The summed E-state index contributed by atoms with van der Waals surface area (Å²) in [5.41, 5.74) is -0.597. The first kappa shape index (κ1) is 29.0. The van der Waals surface area contributed by atoms with Gasteiger partial charge in [0.15, 0.2) is 0 Å². The minimum Gasteiger partial charge on any atom is -0.444 e. The molecule has 0 aliphatic carbocycles. The predicted octanol–water partition coefficient (Wildman–Crippen LogP) is -1.59. The number of aliphatic hydroxyl groups excluding tert-OH is 2. The van der Waals surface area contributed by atoms with Crippen LogP contribution in [0.3, 0.4) is 0 Å². The number of aliphatic hydroxyl groups is 2. The van der Waals surface area contributed by atoms with E-state index >= 15 is 0 Å². The molecule has 0 aromatic rings. The molecule has 2 unspecified atom stereocenters. The summed E-state index contributed by atoms with van der Waals surface area (Å²) >= 11 is 0. The second kappa shape index (κ2) is 11.4. The number of amides is 1. The zero-order valence-electron chi connectivity index (χ0n) is 19.8. The van der Waals surface area contributed by atoms with Crippen LogP contribution in [0.5, 0.6) is 0 Å². The lowest BCUT2D eigenvalue weighted by Crippen LogP contribution is -2.58. The molecule has 32 heavy (non-hydrogen) atoms. The molecule has 2 atom stereocenters. The standard InChI is InChI=1S/C11H22N2O5S.C7H16N2O3S/c1-11(2,3)18-10(15)12-5-6-13(19(4,16)17)9(7-12)8-14;1-8-3-4-9(13(2,11)12)7(5-8)6-10/h9,14H,5-8H2,1-4H3;7,10H,3-6H2,1-2H3. The van der Waals surface area contributed by atoms with Gasteiger partial charge in [0.05, 0.1) is 37.8 Å². The van der Waals surface area contributed by atoms with Crippen LogP contribution >= 0.6 is 0 Å². The number of rotatable bonds is 4. The number of hydrogen-bond acceptors (Lipinski definition) is 9. The molecule has 2 saturated heterocycles. The van der Waals surface area contributed by atoms with Gasteiger partial charge in [-0.05, 0) is 27.8 Å². The van der Waals surface area contributed by atoms with Gasteiger partial charge in [-0.1, -0.05) is 0 Å².